The molecule has 94 valence electrons. The number of thioether (sulfide) groups is 1. The summed E-state index contributed by atoms with van der Waals surface area (Å²) in [5, 5.41) is 0.715. The summed E-state index contributed by atoms with van der Waals surface area (Å²) in [6, 6.07) is 7.65. The molecule has 1 aromatic carbocycles. The summed E-state index contributed by atoms with van der Waals surface area (Å²) >= 11 is 4.83. The topological polar surface area (TPSA) is 34.9 Å². The zero-order chi connectivity index (χ0) is 13.1. The quantitative estimate of drug-likeness (QED) is 0.488. The van der Waals surface area contributed by atoms with Crippen molar-refractivity contribution < 1.29 is 4.79 Å². The van der Waals surface area contributed by atoms with Crippen LogP contribution in [0.1, 0.15) is 11.7 Å². The number of carbonyl (C=O) groups excluding carboxylic acids is 1. The predicted molar refractivity (Wildman–Crippen MR) is 79.7 cm³/mol. The monoisotopic (exact) mass is 324 g/mol. The number of benzene rings is 1. The number of rotatable bonds is 4. The molecule has 5 heteroatoms. The van der Waals surface area contributed by atoms with E-state index in [0.29, 0.717) is 5.16 Å². The van der Waals surface area contributed by atoms with Gasteiger partial charge in [0.05, 0.1) is 15.9 Å². The fourth-order valence-corrected chi connectivity index (χ4v) is 2.58. The Morgan fingerprint density at radius 2 is 2.33 bits per heavy atom. The van der Waals surface area contributed by atoms with Crippen LogP contribution in [0.15, 0.2) is 42.1 Å². The normalized spacial score (nSPS) is 12.6. The highest BCUT2D eigenvalue weighted by Crippen LogP contribution is 2.25. The molecule has 0 saturated heterocycles. The maximum Gasteiger partial charge on any atom is 0.246 e. The lowest BCUT2D eigenvalue weighted by atomic mass is 10.3. The lowest BCUT2D eigenvalue weighted by molar-refractivity contribution is 0.0912. The lowest BCUT2D eigenvalue weighted by Gasteiger charge is -2.08. The molecule has 0 aliphatic rings. The van der Waals surface area contributed by atoms with Crippen LogP contribution in [0, 0.1) is 0 Å². The van der Waals surface area contributed by atoms with E-state index in [1.54, 1.807) is 10.6 Å². The fraction of sp³-hybridized carbons (Fsp3) is 0.231. The number of fused-ring (bicyclic) bond motifs is 1. The Morgan fingerprint density at radius 1 is 1.61 bits per heavy atom. The number of hydrogen-bond acceptors (Lipinski definition) is 3. The Morgan fingerprint density at radius 3 is 3.00 bits per heavy atom. The number of carbonyl (C=O) groups is 1. The Bertz CT molecular complexity index is 592. The van der Waals surface area contributed by atoms with Crippen molar-refractivity contribution in [2.45, 2.75) is 16.9 Å². The van der Waals surface area contributed by atoms with E-state index in [-0.39, 0.29) is 10.7 Å². The van der Waals surface area contributed by atoms with Crippen LogP contribution >= 0.6 is 27.7 Å². The maximum atomic E-state index is 12.2. The van der Waals surface area contributed by atoms with Gasteiger partial charge in [0, 0.05) is 5.75 Å². The number of hydrogen-bond donors (Lipinski definition) is 0. The van der Waals surface area contributed by atoms with Gasteiger partial charge in [-0.25, -0.2) is 4.98 Å². The average molecular weight is 325 g/mol. The highest BCUT2D eigenvalue weighted by Gasteiger charge is 2.19. The van der Waals surface area contributed by atoms with Crippen molar-refractivity contribution in [1.29, 1.82) is 0 Å². The molecule has 2 aromatic rings. The Hall–Kier alpha value is -1.07. The molecule has 1 unspecified atom stereocenters. The molecule has 1 atom stereocenters. The first-order chi connectivity index (χ1) is 8.65. The van der Waals surface area contributed by atoms with Gasteiger partial charge in [0.1, 0.15) is 0 Å². The Balaban J connectivity index is 2.57. The van der Waals surface area contributed by atoms with Gasteiger partial charge in [0.2, 0.25) is 5.91 Å². The zero-order valence-corrected chi connectivity index (χ0v) is 12.4. The molecule has 0 aliphatic carbocycles. The van der Waals surface area contributed by atoms with Gasteiger partial charge in [-0.15, -0.1) is 6.58 Å². The predicted octanol–water partition coefficient (Wildman–Crippen LogP) is 3.74. The summed E-state index contributed by atoms with van der Waals surface area (Å²) in [5.41, 5.74) is 1.69. The average Bonchev–Trinajstić information content (AvgIpc) is 2.73. The van der Waals surface area contributed by atoms with Crippen LogP contribution in [0.3, 0.4) is 0 Å². The van der Waals surface area contributed by atoms with Gasteiger partial charge in [-0.3, -0.25) is 9.36 Å². The standard InChI is InChI=1S/C13H13BrN2OS/c1-3-8-18-13-15-10-6-4-5-7-11(10)16(13)12(17)9(2)14/h3-7,9H,1,8H2,2H3. The molecule has 1 heterocycles. The molecular weight excluding hydrogens is 312 g/mol. The van der Waals surface area contributed by atoms with Gasteiger partial charge in [-0.05, 0) is 19.1 Å². The number of aromatic nitrogens is 2. The number of imidazole rings is 1. The van der Waals surface area contributed by atoms with E-state index >= 15 is 0 Å². The summed E-state index contributed by atoms with van der Waals surface area (Å²) in [5.74, 6) is 0.725. The van der Waals surface area contributed by atoms with Crippen molar-refractivity contribution in [2.75, 3.05) is 5.75 Å². The van der Waals surface area contributed by atoms with E-state index < -0.39 is 0 Å². The minimum atomic E-state index is -0.238. The zero-order valence-electron chi connectivity index (χ0n) is 9.97. The van der Waals surface area contributed by atoms with Crippen molar-refractivity contribution in [1.82, 2.24) is 9.55 Å². The van der Waals surface area contributed by atoms with Crippen LogP contribution in [-0.4, -0.2) is 26.0 Å². The van der Waals surface area contributed by atoms with Crippen molar-refractivity contribution in [3.05, 3.63) is 36.9 Å². The molecule has 0 bridgehead atoms. The first kappa shape index (κ1) is 13.4. The Labute approximate surface area is 118 Å². The second-order valence-corrected chi connectivity index (χ2v) is 6.13. The Kier molecular flexibility index (Phi) is 4.24. The third kappa shape index (κ3) is 2.52. The van der Waals surface area contributed by atoms with Gasteiger partial charge < -0.3 is 0 Å². The third-order valence-corrected chi connectivity index (χ3v) is 3.75. The number of halogens is 1. The summed E-state index contributed by atoms with van der Waals surface area (Å²) in [7, 11) is 0. The molecule has 0 fully saturated rings. The van der Waals surface area contributed by atoms with Crippen LogP contribution in [0.2, 0.25) is 0 Å². The van der Waals surface area contributed by atoms with E-state index in [1.165, 1.54) is 11.8 Å². The molecule has 0 spiro atoms. The van der Waals surface area contributed by atoms with Crippen LogP contribution in [0.4, 0.5) is 0 Å². The summed E-state index contributed by atoms with van der Waals surface area (Å²) in [4.78, 5) is 16.5. The lowest BCUT2D eigenvalue weighted by Crippen LogP contribution is -2.19. The van der Waals surface area contributed by atoms with Crippen LogP contribution < -0.4 is 0 Å². The molecule has 3 nitrogen and oxygen atoms in total. The van der Waals surface area contributed by atoms with E-state index in [9.17, 15) is 4.79 Å². The van der Waals surface area contributed by atoms with Crippen LogP contribution in [0.5, 0.6) is 0 Å². The maximum absolute atomic E-state index is 12.2. The smallest absolute Gasteiger partial charge is 0.246 e. The molecule has 0 saturated carbocycles. The largest absolute Gasteiger partial charge is 0.273 e. The highest BCUT2D eigenvalue weighted by molar-refractivity contribution is 9.10. The minimum absolute atomic E-state index is 0.00439. The van der Waals surface area contributed by atoms with E-state index in [2.05, 4.69) is 27.5 Å². The van der Waals surface area contributed by atoms with E-state index in [0.717, 1.165) is 16.8 Å². The fourth-order valence-electron chi connectivity index (χ4n) is 1.63. The van der Waals surface area contributed by atoms with Crippen molar-refractivity contribution >= 4 is 44.6 Å². The summed E-state index contributed by atoms with van der Waals surface area (Å²) in [6.45, 7) is 5.51. The second kappa shape index (κ2) is 5.71. The third-order valence-electron chi connectivity index (χ3n) is 2.42. The van der Waals surface area contributed by atoms with Gasteiger partial charge in [0.25, 0.3) is 0 Å². The number of nitrogens with zero attached hydrogens (tertiary/aromatic N) is 2. The summed E-state index contributed by atoms with van der Waals surface area (Å²) < 4.78 is 1.67. The first-order valence-corrected chi connectivity index (χ1v) is 7.44. The minimum Gasteiger partial charge on any atom is -0.273 e. The van der Waals surface area contributed by atoms with Gasteiger partial charge >= 0.3 is 0 Å². The number of alkyl halides is 1. The van der Waals surface area contributed by atoms with Crippen LogP contribution in [0.25, 0.3) is 11.0 Å². The van der Waals surface area contributed by atoms with Crippen LogP contribution in [-0.2, 0) is 0 Å². The van der Waals surface area contributed by atoms with E-state index in [1.807, 2.05) is 31.2 Å². The second-order valence-electron chi connectivity index (χ2n) is 3.77. The molecule has 18 heavy (non-hydrogen) atoms. The highest BCUT2D eigenvalue weighted by atomic mass is 79.9. The van der Waals surface area contributed by atoms with Gasteiger partial charge in [-0.2, -0.15) is 0 Å². The molecular formula is C13H13BrN2OS. The van der Waals surface area contributed by atoms with Gasteiger partial charge in [-0.1, -0.05) is 45.9 Å². The molecule has 0 radical (unpaired) electrons. The van der Waals surface area contributed by atoms with E-state index in [4.69, 9.17) is 0 Å². The molecule has 0 amide bonds. The SMILES string of the molecule is C=CCSc1nc2ccccc2n1C(=O)C(C)Br. The summed E-state index contributed by atoms with van der Waals surface area (Å²) in [6.07, 6.45) is 1.80. The number of para-hydroxylation sites is 2. The molecule has 1 aromatic heterocycles. The first-order valence-electron chi connectivity index (χ1n) is 5.54. The molecule has 0 N–H and O–H groups in total. The molecule has 0 aliphatic heterocycles. The van der Waals surface area contributed by atoms with Gasteiger partial charge in [0.15, 0.2) is 5.16 Å². The molecule has 2 rings (SSSR count). The van der Waals surface area contributed by atoms with Crippen molar-refractivity contribution in [3.8, 4) is 0 Å². The van der Waals surface area contributed by atoms with Crippen molar-refractivity contribution in [3.63, 3.8) is 0 Å². The van der Waals surface area contributed by atoms with Crippen molar-refractivity contribution in [2.24, 2.45) is 0 Å².